The average Bonchev–Trinajstić information content (AvgIpc) is 2.95. The molecular formula is C30H32N4O6. The molecule has 0 aliphatic carbocycles. The highest BCUT2D eigenvalue weighted by molar-refractivity contribution is 6.37. The zero-order valence-electron chi connectivity index (χ0n) is 22.2. The molecule has 0 radical (unpaired) electrons. The molecule has 40 heavy (non-hydrogen) atoms. The SMILES string of the molecule is COc1ccc(C[C@H](NC(=O)CC(N)=O)C(=O)N(CC(=O)C(=O)NCc2ccccc2)Cc2ccccc2)cc1. The molecule has 0 heterocycles. The summed E-state index contributed by atoms with van der Waals surface area (Å²) in [7, 11) is 1.53. The lowest BCUT2D eigenvalue weighted by molar-refractivity contribution is -0.144. The normalized spacial score (nSPS) is 11.1. The van der Waals surface area contributed by atoms with E-state index in [1.54, 1.807) is 48.5 Å². The molecule has 0 saturated carbocycles. The second-order valence-corrected chi connectivity index (χ2v) is 9.09. The lowest BCUT2D eigenvalue weighted by atomic mass is 10.0. The Kier molecular flexibility index (Phi) is 11.0. The van der Waals surface area contributed by atoms with Gasteiger partial charge in [0.1, 0.15) is 18.2 Å². The Morgan fingerprint density at radius 1 is 0.825 bits per heavy atom. The van der Waals surface area contributed by atoms with Gasteiger partial charge in [0, 0.05) is 19.5 Å². The second-order valence-electron chi connectivity index (χ2n) is 9.09. The summed E-state index contributed by atoms with van der Waals surface area (Å²) in [6.45, 7) is -0.345. The standard InChI is InChI=1S/C30H32N4O6/c1-40-24-14-12-21(13-15-24)16-25(33-28(37)17-27(31)36)30(39)34(19-23-10-6-3-7-11-23)20-26(35)29(38)32-18-22-8-4-2-5-9-22/h2-15,25H,16-20H2,1H3,(H2,31,36)(H,32,38)(H,33,37)/t25-/m0/s1. The Labute approximate surface area is 232 Å². The fourth-order valence-electron chi connectivity index (χ4n) is 3.96. The van der Waals surface area contributed by atoms with Crippen molar-refractivity contribution in [2.75, 3.05) is 13.7 Å². The third-order valence-corrected chi connectivity index (χ3v) is 5.98. The number of ketones is 1. The van der Waals surface area contributed by atoms with Crippen LogP contribution in [0.5, 0.6) is 5.75 Å². The molecule has 0 spiro atoms. The number of methoxy groups -OCH3 is 1. The van der Waals surface area contributed by atoms with Gasteiger partial charge in [-0.3, -0.25) is 24.0 Å². The Morgan fingerprint density at radius 3 is 2.00 bits per heavy atom. The van der Waals surface area contributed by atoms with Gasteiger partial charge in [-0.25, -0.2) is 0 Å². The fourth-order valence-corrected chi connectivity index (χ4v) is 3.96. The molecule has 0 aromatic heterocycles. The van der Waals surface area contributed by atoms with E-state index in [1.165, 1.54) is 12.0 Å². The van der Waals surface area contributed by atoms with Crippen LogP contribution in [-0.4, -0.2) is 54.0 Å². The highest BCUT2D eigenvalue weighted by Crippen LogP contribution is 2.15. The van der Waals surface area contributed by atoms with Gasteiger partial charge in [-0.1, -0.05) is 72.8 Å². The van der Waals surface area contributed by atoms with Crippen LogP contribution in [0.15, 0.2) is 84.9 Å². The maximum atomic E-state index is 13.8. The maximum absolute atomic E-state index is 13.8. The Bertz CT molecular complexity index is 1310. The van der Waals surface area contributed by atoms with Crippen molar-refractivity contribution < 1.29 is 28.7 Å². The van der Waals surface area contributed by atoms with Crippen molar-refractivity contribution in [1.29, 1.82) is 0 Å². The van der Waals surface area contributed by atoms with Gasteiger partial charge in [0.25, 0.3) is 5.91 Å². The highest BCUT2D eigenvalue weighted by atomic mass is 16.5. The number of benzene rings is 3. The van der Waals surface area contributed by atoms with Gasteiger partial charge < -0.3 is 26.0 Å². The minimum absolute atomic E-state index is 0.0161. The molecule has 3 aromatic carbocycles. The molecule has 10 heteroatoms. The number of ether oxygens (including phenoxy) is 1. The number of carbonyl (C=O) groups excluding carboxylic acids is 5. The summed E-state index contributed by atoms with van der Waals surface area (Å²) in [4.78, 5) is 64.3. The summed E-state index contributed by atoms with van der Waals surface area (Å²) in [5.41, 5.74) is 7.40. The monoisotopic (exact) mass is 544 g/mol. The summed E-state index contributed by atoms with van der Waals surface area (Å²) in [5.74, 6) is -3.21. The molecule has 0 saturated heterocycles. The number of hydrogen-bond donors (Lipinski definition) is 3. The Morgan fingerprint density at radius 2 is 1.43 bits per heavy atom. The summed E-state index contributed by atoms with van der Waals surface area (Å²) < 4.78 is 5.18. The zero-order valence-corrected chi connectivity index (χ0v) is 22.2. The Balaban J connectivity index is 1.82. The largest absolute Gasteiger partial charge is 0.497 e. The van der Waals surface area contributed by atoms with Gasteiger partial charge in [-0.05, 0) is 28.8 Å². The van der Waals surface area contributed by atoms with Crippen LogP contribution in [0.4, 0.5) is 0 Å². The molecule has 4 N–H and O–H groups in total. The fraction of sp³-hybridized carbons (Fsp3) is 0.233. The number of amides is 4. The third kappa shape index (κ3) is 9.39. The minimum Gasteiger partial charge on any atom is -0.497 e. The average molecular weight is 545 g/mol. The van der Waals surface area contributed by atoms with Crippen LogP contribution >= 0.6 is 0 Å². The van der Waals surface area contributed by atoms with Crippen LogP contribution in [0.2, 0.25) is 0 Å². The van der Waals surface area contributed by atoms with Crippen molar-refractivity contribution in [1.82, 2.24) is 15.5 Å². The molecule has 0 bridgehead atoms. The molecule has 0 aliphatic rings. The van der Waals surface area contributed by atoms with Gasteiger partial charge in [0.15, 0.2) is 0 Å². The van der Waals surface area contributed by atoms with Crippen LogP contribution in [0.25, 0.3) is 0 Å². The van der Waals surface area contributed by atoms with Gasteiger partial charge in [-0.2, -0.15) is 0 Å². The number of Topliss-reactive ketones (excluding diaryl/α,β-unsaturated/α-hetero) is 1. The van der Waals surface area contributed by atoms with E-state index in [1.807, 2.05) is 36.4 Å². The van der Waals surface area contributed by atoms with E-state index in [0.717, 1.165) is 11.1 Å². The van der Waals surface area contributed by atoms with Crippen molar-refractivity contribution in [3.05, 3.63) is 102 Å². The van der Waals surface area contributed by atoms with Gasteiger partial charge in [-0.15, -0.1) is 0 Å². The number of rotatable bonds is 14. The van der Waals surface area contributed by atoms with Crippen molar-refractivity contribution in [2.45, 2.75) is 32.0 Å². The Hall–Kier alpha value is -4.99. The highest BCUT2D eigenvalue weighted by Gasteiger charge is 2.30. The predicted octanol–water partition coefficient (Wildman–Crippen LogP) is 1.51. The molecule has 1 atom stereocenters. The van der Waals surface area contributed by atoms with Gasteiger partial charge in [0.2, 0.25) is 23.5 Å². The van der Waals surface area contributed by atoms with Gasteiger partial charge in [0.05, 0.1) is 13.7 Å². The first-order chi connectivity index (χ1) is 19.2. The smallest absolute Gasteiger partial charge is 0.289 e. The van der Waals surface area contributed by atoms with Crippen LogP contribution < -0.4 is 21.1 Å². The van der Waals surface area contributed by atoms with Crippen molar-refractivity contribution >= 4 is 29.4 Å². The summed E-state index contributed by atoms with van der Waals surface area (Å²) in [6, 6.07) is 23.8. The zero-order chi connectivity index (χ0) is 28.9. The van der Waals surface area contributed by atoms with Gasteiger partial charge >= 0.3 is 0 Å². The number of hydrogen-bond acceptors (Lipinski definition) is 6. The number of nitrogens with one attached hydrogen (secondary N) is 2. The van der Waals surface area contributed by atoms with E-state index in [2.05, 4.69) is 10.6 Å². The van der Waals surface area contributed by atoms with E-state index in [-0.39, 0.29) is 19.5 Å². The molecule has 0 aliphatic heterocycles. The first kappa shape index (κ1) is 29.6. The van der Waals surface area contributed by atoms with Crippen LogP contribution in [0.1, 0.15) is 23.1 Å². The third-order valence-electron chi connectivity index (χ3n) is 5.98. The maximum Gasteiger partial charge on any atom is 0.289 e. The lowest BCUT2D eigenvalue weighted by Crippen LogP contribution is -2.52. The number of carbonyl (C=O) groups is 5. The van der Waals surface area contributed by atoms with E-state index in [0.29, 0.717) is 11.3 Å². The molecule has 3 aromatic rings. The van der Waals surface area contributed by atoms with Crippen LogP contribution in [0.3, 0.4) is 0 Å². The van der Waals surface area contributed by atoms with E-state index in [4.69, 9.17) is 10.5 Å². The minimum atomic E-state index is -1.14. The summed E-state index contributed by atoms with van der Waals surface area (Å²) >= 11 is 0. The molecule has 4 amide bonds. The van der Waals surface area contributed by atoms with E-state index < -0.39 is 48.4 Å². The predicted molar refractivity (Wildman–Crippen MR) is 148 cm³/mol. The number of nitrogens with two attached hydrogens (primary N) is 1. The molecule has 208 valence electrons. The topological polar surface area (TPSA) is 148 Å². The molecular weight excluding hydrogens is 512 g/mol. The van der Waals surface area contributed by atoms with Crippen molar-refractivity contribution in [3.8, 4) is 5.75 Å². The van der Waals surface area contributed by atoms with Crippen molar-refractivity contribution in [2.24, 2.45) is 5.73 Å². The molecule has 0 unspecified atom stereocenters. The van der Waals surface area contributed by atoms with E-state index >= 15 is 0 Å². The molecule has 10 nitrogen and oxygen atoms in total. The first-order valence-corrected chi connectivity index (χ1v) is 12.6. The molecule has 0 fully saturated rings. The van der Waals surface area contributed by atoms with Crippen LogP contribution in [-0.2, 0) is 43.5 Å². The lowest BCUT2D eigenvalue weighted by Gasteiger charge is -2.28. The summed E-state index contributed by atoms with van der Waals surface area (Å²) in [5, 5.41) is 5.15. The second kappa shape index (κ2) is 14.8. The van der Waals surface area contributed by atoms with Crippen molar-refractivity contribution in [3.63, 3.8) is 0 Å². The quantitative estimate of drug-likeness (QED) is 0.207. The molecule has 3 rings (SSSR count). The summed E-state index contributed by atoms with van der Waals surface area (Å²) in [6.07, 6.45) is -0.543. The van der Waals surface area contributed by atoms with Crippen LogP contribution in [0, 0.1) is 0 Å². The number of primary amides is 1. The van der Waals surface area contributed by atoms with E-state index in [9.17, 15) is 24.0 Å². The number of nitrogens with zero attached hydrogens (tertiary/aromatic N) is 1. The first-order valence-electron chi connectivity index (χ1n) is 12.6.